The summed E-state index contributed by atoms with van der Waals surface area (Å²) in [6, 6.07) is 2.26. The summed E-state index contributed by atoms with van der Waals surface area (Å²) in [5.41, 5.74) is 1.26. The van der Waals surface area contributed by atoms with Gasteiger partial charge in [-0.25, -0.2) is 0 Å². The molecule has 2 saturated heterocycles. The summed E-state index contributed by atoms with van der Waals surface area (Å²) in [4.78, 5) is 30.9. The number of hydrogen-bond acceptors (Lipinski definition) is 6. The lowest BCUT2D eigenvalue weighted by Gasteiger charge is -2.35. The van der Waals surface area contributed by atoms with E-state index in [4.69, 9.17) is 12.2 Å². The molecule has 8 heteroatoms. The van der Waals surface area contributed by atoms with Crippen molar-refractivity contribution in [3.05, 3.63) is 31.9 Å². The Morgan fingerprint density at radius 1 is 1.16 bits per heavy atom. The topological polar surface area (TPSA) is 69.3 Å². The lowest BCUT2D eigenvalue weighted by atomic mass is 9.94. The molecule has 0 bridgehead atoms. The van der Waals surface area contributed by atoms with Gasteiger partial charge in [0.2, 0.25) is 0 Å². The van der Waals surface area contributed by atoms with E-state index in [1.807, 2.05) is 13.0 Å². The van der Waals surface area contributed by atoms with E-state index in [2.05, 4.69) is 17.9 Å². The molecule has 6 nitrogen and oxygen atoms in total. The Morgan fingerprint density at radius 2 is 1.88 bits per heavy atom. The van der Waals surface area contributed by atoms with Gasteiger partial charge in [-0.05, 0) is 50.2 Å². The van der Waals surface area contributed by atoms with Crippen molar-refractivity contribution in [2.45, 2.75) is 64.8 Å². The first-order chi connectivity index (χ1) is 15.3. The van der Waals surface area contributed by atoms with Crippen molar-refractivity contribution in [1.29, 1.82) is 5.26 Å². The highest BCUT2D eigenvalue weighted by Gasteiger charge is 2.38. The van der Waals surface area contributed by atoms with Gasteiger partial charge in [0.1, 0.15) is 21.8 Å². The molecule has 1 saturated carbocycles. The van der Waals surface area contributed by atoms with E-state index in [0.717, 1.165) is 63.0 Å². The number of rotatable bonds is 3. The Morgan fingerprint density at radius 3 is 2.53 bits per heavy atom. The molecule has 2 aliphatic heterocycles. The fourth-order valence-electron chi connectivity index (χ4n) is 5.24. The summed E-state index contributed by atoms with van der Waals surface area (Å²) in [7, 11) is 1.72. The van der Waals surface area contributed by atoms with E-state index < -0.39 is 0 Å². The molecule has 1 aromatic heterocycles. The summed E-state index contributed by atoms with van der Waals surface area (Å²) in [5, 5.41) is 9.66. The number of aromatic nitrogens is 1. The zero-order valence-electron chi connectivity index (χ0n) is 19.0. The van der Waals surface area contributed by atoms with Gasteiger partial charge in [-0.3, -0.25) is 19.1 Å². The van der Waals surface area contributed by atoms with E-state index >= 15 is 0 Å². The van der Waals surface area contributed by atoms with Crippen LogP contribution in [-0.4, -0.2) is 38.8 Å². The molecule has 3 fully saturated rings. The molecule has 1 atom stereocenters. The zero-order valence-corrected chi connectivity index (χ0v) is 20.7. The lowest BCUT2D eigenvalue weighted by molar-refractivity contribution is -0.124. The smallest absolute Gasteiger partial charge is 0.270 e. The van der Waals surface area contributed by atoms with Crippen LogP contribution in [0.5, 0.6) is 0 Å². The molecule has 1 unspecified atom stereocenters. The normalized spacial score (nSPS) is 23.8. The number of amides is 1. The molecule has 0 N–H and O–H groups in total. The molecule has 0 spiro atoms. The third-order valence-electron chi connectivity index (χ3n) is 6.96. The van der Waals surface area contributed by atoms with Gasteiger partial charge in [0.25, 0.3) is 11.5 Å². The van der Waals surface area contributed by atoms with Crippen LogP contribution in [0.4, 0.5) is 5.82 Å². The molecule has 1 amide bonds. The van der Waals surface area contributed by atoms with Gasteiger partial charge in [0.05, 0.1) is 4.91 Å². The van der Waals surface area contributed by atoms with Crippen molar-refractivity contribution < 1.29 is 4.79 Å². The average molecular weight is 471 g/mol. The van der Waals surface area contributed by atoms with Crippen molar-refractivity contribution in [2.75, 3.05) is 18.0 Å². The van der Waals surface area contributed by atoms with E-state index in [1.54, 1.807) is 16.5 Å². The van der Waals surface area contributed by atoms with Crippen LogP contribution in [0.2, 0.25) is 0 Å². The quantitative estimate of drug-likeness (QED) is 0.484. The van der Waals surface area contributed by atoms with Crippen LogP contribution in [0.1, 0.15) is 68.6 Å². The fourth-order valence-corrected chi connectivity index (χ4v) is 6.62. The second-order valence-corrected chi connectivity index (χ2v) is 10.9. The van der Waals surface area contributed by atoms with Gasteiger partial charge in [-0.2, -0.15) is 5.26 Å². The number of carbonyl (C=O) groups is 1. The van der Waals surface area contributed by atoms with Crippen LogP contribution < -0.4 is 10.5 Å². The predicted octanol–water partition coefficient (Wildman–Crippen LogP) is 4.34. The minimum absolute atomic E-state index is 0.0448. The standard InChI is InChI=1S/C24H30N4O2S2/c1-15-8-7-11-27(14-15)21-18(16(2)19(13-25)22(29)26(21)3)12-20-23(30)28(24(31)32-20)17-9-5-4-6-10-17/h12,15,17H,4-11,14H2,1-3H3/b20-12+. The summed E-state index contributed by atoms with van der Waals surface area (Å²) in [5.74, 6) is 1.27. The molecule has 0 aromatic carbocycles. The van der Waals surface area contributed by atoms with Crippen LogP contribution in [-0.2, 0) is 11.8 Å². The summed E-state index contributed by atoms with van der Waals surface area (Å²) >= 11 is 6.94. The number of hydrogen-bond donors (Lipinski definition) is 0. The third-order valence-corrected chi connectivity index (χ3v) is 8.29. The highest BCUT2D eigenvalue weighted by atomic mass is 32.2. The average Bonchev–Trinajstić information content (AvgIpc) is 3.06. The molecule has 3 aliphatic rings. The van der Waals surface area contributed by atoms with Crippen molar-refractivity contribution in [2.24, 2.45) is 13.0 Å². The van der Waals surface area contributed by atoms with Gasteiger partial charge >= 0.3 is 0 Å². The van der Waals surface area contributed by atoms with Crippen LogP contribution in [0, 0.1) is 24.2 Å². The number of thiocarbonyl (C=S) groups is 1. The van der Waals surface area contributed by atoms with Crippen molar-refractivity contribution in [3.63, 3.8) is 0 Å². The molecule has 1 aromatic rings. The Hall–Kier alpha value is -2.11. The van der Waals surface area contributed by atoms with Gasteiger partial charge in [-0.15, -0.1) is 0 Å². The first-order valence-electron chi connectivity index (χ1n) is 11.5. The van der Waals surface area contributed by atoms with E-state index in [1.165, 1.54) is 18.2 Å². The highest BCUT2D eigenvalue weighted by molar-refractivity contribution is 8.26. The molecule has 0 radical (unpaired) electrons. The van der Waals surface area contributed by atoms with Crippen molar-refractivity contribution in [3.8, 4) is 6.07 Å². The largest absolute Gasteiger partial charge is 0.357 e. The second-order valence-electron chi connectivity index (χ2n) is 9.25. The van der Waals surface area contributed by atoms with E-state index in [0.29, 0.717) is 20.7 Å². The Kier molecular flexibility index (Phi) is 6.78. The van der Waals surface area contributed by atoms with Crippen LogP contribution >= 0.6 is 24.0 Å². The molecular weight excluding hydrogens is 440 g/mol. The maximum absolute atomic E-state index is 13.4. The predicted molar refractivity (Wildman–Crippen MR) is 134 cm³/mol. The summed E-state index contributed by atoms with van der Waals surface area (Å²) in [6.07, 6.45) is 9.54. The first-order valence-corrected chi connectivity index (χ1v) is 12.7. The Balaban J connectivity index is 1.80. The lowest BCUT2D eigenvalue weighted by Crippen LogP contribution is -2.40. The Labute approximate surface area is 199 Å². The van der Waals surface area contributed by atoms with Gasteiger partial charge in [-0.1, -0.05) is 50.2 Å². The van der Waals surface area contributed by atoms with Crippen LogP contribution in [0.25, 0.3) is 6.08 Å². The maximum Gasteiger partial charge on any atom is 0.270 e. The van der Waals surface area contributed by atoms with Gasteiger partial charge in [0.15, 0.2) is 0 Å². The number of carbonyl (C=O) groups excluding carboxylic acids is 1. The van der Waals surface area contributed by atoms with Gasteiger partial charge in [0, 0.05) is 31.7 Å². The minimum atomic E-state index is -0.287. The maximum atomic E-state index is 13.4. The SMILES string of the molecule is Cc1c(/C=C2/SC(=S)N(C3CCCCC3)C2=O)c(N2CCCC(C)C2)n(C)c(=O)c1C#N. The monoisotopic (exact) mass is 470 g/mol. The number of nitriles is 1. The zero-order chi connectivity index (χ0) is 23.0. The molecule has 3 heterocycles. The number of pyridine rings is 1. The highest BCUT2D eigenvalue weighted by Crippen LogP contribution is 2.39. The fraction of sp³-hybridized carbons (Fsp3) is 0.583. The first kappa shape index (κ1) is 23.1. The molecule has 1 aliphatic carbocycles. The second kappa shape index (κ2) is 9.40. The van der Waals surface area contributed by atoms with Gasteiger partial charge < -0.3 is 4.90 Å². The molecule has 32 heavy (non-hydrogen) atoms. The number of thioether (sulfide) groups is 1. The van der Waals surface area contributed by atoms with Crippen LogP contribution in [0.15, 0.2) is 9.70 Å². The van der Waals surface area contributed by atoms with Crippen molar-refractivity contribution in [1.82, 2.24) is 9.47 Å². The van der Waals surface area contributed by atoms with E-state index in [-0.39, 0.29) is 23.1 Å². The number of anilines is 1. The molecular formula is C24H30N4O2S2. The molecule has 4 rings (SSSR count). The molecule has 170 valence electrons. The third kappa shape index (κ3) is 4.13. The van der Waals surface area contributed by atoms with Crippen molar-refractivity contribution >= 4 is 46.1 Å². The minimum Gasteiger partial charge on any atom is -0.357 e. The number of nitrogens with zero attached hydrogens (tertiary/aromatic N) is 4. The summed E-state index contributed by atoms with van der Waals surface area (Å²) in [6.45, 7) is 5.73. The van der Waals surface area contributed by atoms with Crippen LogP contribution in [0.3, 0.4) is 0 Å². The number of piperidine rings is 1. The summed E-state index contributed by atoms with van der Waals surface area (Å²) < 4.78 is 2.20. The van der Waals surface area contributed by atoms with E-state index in [9.17, 15) is 14.9 Å². The Bertz CT molecular complexity index is 1080.